The SMILES string of the molecule is COc1ccc(/C=C(\NC(=O)c2ccccc2)C(=O)Nc2ccc(C(=O)/C=C/c3ccc(Cl)cc3Cl)cc2)cc1. The van der Waals surface area contributed by atoms with Gasteiger partial charge in [0.25, 0.3) is 11.8 Å². The zero-order chi connectivity index (χ0) is 28.5. The molecule has 0 saturated heterocycles. The predicted octanol–water partition coefficient (Wildman–Crippen LogP) is 7.31. The Labute approximate surface area is 241 Å². The molecule has 0 heterocycles. The number of anilines is 1. The number of halogens is 2. The summed E-state index contributed by atoms with van der Waals surface area (Å²) in [5.41, 5.74) is 2.67. The number of hydrogen-bond acceptors (Lipinski definition) is 4. The van der Waals surface area contributed by atoms with Gasteiger partial charge in [0.15, 0.2) is 5.78 Å². The van der Waals surface area contributed by atoms with Gasteiger partial charge < -0.3 is 15.4 Å². The van der Waals surface area contributed by atoms with Gasteiger partial charge >= 0.3 is 0 Å². The smallest absolute Gasteiger partial charge is 0.272 e. The van der Waals surface area contributed by atoms with Gasteiger partial charge in [0.2, 0.25) is 0 Å². The molecule has 2 N–H and O–H groups in total. The molecular weight excluding hydrogens is 547 g/mol. The third-order valence-electron chi connectivity index (χ3n) is 5.76. The van der Waals surface area contributed by atoms with Crippen LogP contribution in [-0.4, -0.2) is 24.7 Å². The lowest BCUT2D eigenvalue weighted by Crippen LogP contribution is -2.30. The van der Waals surface area contributed by atoms with Crippen LogP contribution in [0, 0.1) is 0 Å². The summed E-state index contributed by atoms with van der Waals surface area (Å²) in [4.78, 5) is 38.7. The van der Waals surface area contributed by atoms with Crippen LogP contribution in [0.25, 0.3) is 12.2 Å². The van der Waals surface area contributed by atoms with Gasteiger partial charge in [0, 0.05) is 26.9 Å². The van der Waals surface area contributed by atoms with Gasteiger partial charge in [-0.25, -0.2) is 0 Å². The van der Waals surface area contributed by atoms with E-state index in [4.69, 9.17) is 27.9 Å². The van der Waals surface area contributed by atoms with E-state index in [2.05, 4.69) is 10.6 Å². The normalized spacial score (nSPS) is 11.2. The van der Waals surface area contributed by atoms with E-state index in [-0.39, 0.29) is 11.5 Å². The number of hydrogen-bond donors (Lipinski definition) is 2. The Morgan fingerprint density at radius 1 is 0.800 bits per heavy atom. The first-order chi connectivity index (χ1) is 19.3. The second kappa shape index (κ2) is 13.4. The molecule has 2 amide bonds. The van der Waals surface area contributed by atoms with Crippen molar-refractivity contribution in [3.05, 3.63) is 141 Å². The summed E-state index contributed by atoms with van der Waals surface area (Å²) < 4.78 is 5.19. The molecule has 6 nitrogen and oxygen atoms in total. The standard InChI is InChI=1S/C32H24Cl2N2O4/c1-40-27-16-7-21(8-17-27)19-29(36-31(38)24-5-3-2-4-6-24)32(39)35-26-14-10-23(11-15-26)30(37)18-12-22-9-13-25(33)20-28(22)34/h2-20H,1H3,(H,35,39)(H,36,38)/b18-12+,29-19-. The first-order valence-electron chi connectivity index (χ1n) is 12.1. The lowest BCUT2D eigenvalue weighted by atomic mass is 10.1. The summed E-state index contributed by atoms with van der Waals surface area (Å²) in [6.45, 7) is 0. The summed E-state index contributed by atoms with van der Waals surface area (Å²) in [6.07, 6.45) is 4.60. The quantitative estimate of drug-likeness (QED) is 0.163. The first kappa shape index (κ1) is 28.4. The molecule has 0 aromatic heterocycles. The molecule has 0 atom stereocenters. The number of nitrogens with one attached hydrogen (secondary N) is 2. The molecule has 0 spiro atoms. The molecule has 4 aromatic carbocycles. The minimum atomic E-state index is -0.531. The number of amides is 2. The fourth-order valence-electron chi connectivity index (χ4n) is 3.62. The zero-order valence-corrected chi connectivity index (χ0v) is 22.9. The van der Waals surface area contributed by atoms with E-state index in [0.29, 0.717) is 43.7 Å². The van der Waals surface area contributed by atoms with Crippen molar-refractivity contribution in [3.63, 3.8) is 0 Å². The molecule has 0 fully saturated rings. The van der Waals surface area contributed by atoms with E-state index in [9.17, 15) is 14.4 Å². The summed E-state index contributed by atoms with van der Waals surface area (Å²) in [6, 6.07) is 27.1. The largest absolute Gasteiger partial charge is 0.497 e. The zero-order valence-electron chi connectivity index (χ0n) is 21.4. The van der Waals surface area contributed by atoms with Crippen molar-refractivity contribution in [2.45, 2.75) is 0 Å². The van der Waals surface area contributed by atoms with E-state index in [1.54, 1.807) is 116 Å². The molecule has 200 valence electrons. The van der Waals surface area contributed by atoms with E-state index >= 15 is 0 Å². The highest BCUT2D eigenvalue weighted by molar-refractivity contribution is 6.35. The van der Waals surface area contributed by atoms with Crippen LogP contribution in [0.5, 0.6) is 5.75 Å². The highest BCUT2D eigenvalue weighted by Crippen LogP contribution is 2.22. The molecule has 40 heavy (non-hydrogen) atoms. The van der Waals surface area contributed by atoms with Gasteiger partial charge in [-0.3, -0.25) is 14.4 Å². The summed E-state index contributed by atoms with van der Waals surface area (Å²) >= 11 is 12.1. The molecule has 0 aliphatic carbocycles. The van der Waals surface area contributed by atoms with E-state index < -0.39 is 11.8 Å². The van der Waals surface area contributed by atoms with Crippen LogP contribution in [0.15, 0.2) is 109 Å². The lowest BCUT2D eigenvalue weighted by Gasteiger charge is -2.12. The maximum atomic E-state index is 13.2. The molecule has 0 radical (unpaired) electrons. The maximum absolute atomic E-state index is 13.2. The Balaban J connectivity index is 1.49. The molecule has 0 aliphatic rings. The van der Waals surface area contributed by atoms with Crippen LogP contribution in [0.3, 0.4) is 0 Å². The van der Waals surface area contributed by atoms with Crippen molar-refractivity contribution in [3.8, 4) is 5.75 Å². The molecule has 0 unspecified atom stereocenters. The fraction of sp³-hybridized carbons (Fsp3) is 0.0312. The third-order valence-corrected chi connectivity index (χ3v) is 6.32. The minimum Gasteiger partial charge on any atom is -0.497 e. The van der Waals surface area contributed by atoms with Crippen molar-refractivity contribution >= 4 is 58.6 Å². The van der Waals surface area contributed by atoms with Crippen LogP contribution < -0.4 is 15.4 Å². The van der Waals surface area contributed by atoms with Gasteiger partial charge in [0.05, 0.1) is 7.11 Å². The molecule has 8 heteroatoms. The first-order valence-corrected chi connectivity index (χ1v) is 12.9. The van der Waals surface area contributed by atoms with Gasteiger partial charge in [-0.1, -0.05) is 59.6 Å². The van der Waals surface area contributed by atoms with Crippen LogP contribution in [0.1, 0.15) is 31.8 Å². The number of ether oxygens (including phenoxy) is 1. The number of carbonyl (C=O) groups is 3. The van der Waals surface area contributed by atoms with Crippen LogP contribution in [-0.2, 0) is 4.79 Å². The van der Waals surface area contributed by atoms with Crippen molar-refractivity contribution < 1.29 is 19.1 Å². The van der Waals surface area contributed by atoms with Crippen molar-refractivity contribution in [1.29, 1.82) is 0 Å². The Morgan fingerprint density at radius 2 is 1.50 bits per heavy atom. The Kier molecular flexibility index (Phi) is 9.52. The molecule has 4 rings (SSSR count). The average molecular weight is 571 g/mol. The minimum absolute atomic E-state index is 0.0435. The van der Waals surface area contributed by atoms with Crippen LogP contribution in [0.4, 0.5) is 5.69 Å². The number of carbonyl (C=O) groups excluding carboxylic acids is 3. The fourth-order valence-corrected chi connectivity index (χ4v) is 4.10. The van der Waals surface area contributed by atoms with Gasteiger partial charge in [-0.15, -0.1) is 0 Å². The topological polar surface area (TPSA) is 84.5 Å². The highest BCUT2D eigenvalue weighted by Gasteiger charge is 2.15. The van der Waals surface area contributed by atoms with Crippen molar-refractivity contribution in [2.24, 2.45) is 0 Å². The number of methoxy groups -OCH3 is 1. The molecule has 0 saturated carbocycles. The van der Waals surface area contributed by atoms with Crippen LogP contribution >= 0.6 is 23.2 Å². The molecular formula is C32H24Cl2N2O4. The monoisotopic (exact) mass is 570 g/mol. The lowest BCUT2D eigenvalue weighted by molar-refractivity contribution is -0.113. The third kappa shape index (κ3) is 7.69. The molecule has 0 bridgehead atoms. The van der Waals surface area contributed by atoms with E-state index in [1.165, 1.54) is 6.08 Å². The molecule has 4 aromatic rings. The summed E-state index contributed by atoms with van der Waals surface area (Å²) in [5, 5.41) is 6.41. The van der Waals surface area contributed by atoms with E-state index in [1.807, 2.05) is 0 Å². The van der Waals surface area contributed by atoms with Gasteiger partial charge in [-0.05, 0) is 90.0 Å². The number of rotatable bonds is 9. The highest BCUT2D eigenvalue weighted by atomic mass is 35.5. The predicted molar refractivity (Wildman–Crippen MR) is 160 cm³/mol. The van der Waals surface area contributed by atoms with E-state index in [0.717, 1.165) is 0 Å². The number of ketones is 1. The number of benzene rings is 4. The Morgan fingerprint density at radius 3 is 2.15 bits per heavy atom. The maximum Gasteiger partial charge on any atom is 0.272 e. The second-order valence-corrected chi connectivity index (χ2v) is 9.39. The van der Waals surface area contributed by atoms with Gasteiger partial charge in [0.1, 0.15) is 11.4 Å². The second-order valence-electron chi connectivity index (χ2n) is 8.55. The van der Waals surface area contributed by atoms with Crippen molar-refractivity contribution in [2.75, 3.05) is 12.4 Å². The summed E-state index contributed by atoms with van der Waals surface area (Å²) in [5.74, 6) is -0.531. The number of allylic oxidation sites excluding steroid dienone is 1. The average Bonchev–Trinajstić information content (AvgIpc) is 2.97. The van der Waals surface area contributed by atoms with Gasteiger partial charge in [-0.2, -0.15) is 0 Å². The Hall–Kier alpha value is -4.65. The summed E-state index contributed by atoms with van der Waals surface area (Å²) in [7, 11) is 1.56. The van der Waals surface area contributed by atoms with Crippen LogP contribution in [0.2, 0.25) is 10.0 Å². The van der Waals surface area contributed by atoms with Crippen molar-refractivity contribution in [1.82, 2.24) is 5.32 Å². The molecule has 0 aliphatic heterocycles. The Bertz CT molecular complexity index is 1580.